The number of anilines is 4. The number of fused-ring (bicyclic) bond motifs is 1. The predicted octanol–water partition coefficient (Wildman–Crippen LogP) is 7.38. The molecule has 0 aliphatic carbocycles. The maximum atomic E-state index is 15.3. The molecule has 266 valence electrons. The van der Waals surface area contributed by atoms with E-state index in [9.17, 15) is 23.9 Å². The van der Waals surface area contributed by atoms with E-state index in [1.165, 1.54) is 30.3 Å². The van der Waals surface area contributed by atoms with E-state index in [-0.39, 0.29) is 41.2 Å². The van der Waals surface area contributed by atoms with Crippen LogP contribution in [0, 0.1) is 35.7 Å². The number of rotatable bonds is 7. The fourth-order valence-corrected chi connectivity index (χ4v) is 6.78. The van der Waals surface area contributed by atoms with Crippen molar-refractivity contribution in [1.82, 2.24) is 20.6 Å². The van der Waals surface area contributed by atoms with Crippen molar-refractivity contribution in [3.05, 3.63) is 94.8 Å². The van der Waals surface area contributed by atoms with Gasteiger partial charge in [0.05, 0.1) is 12.2 Å². The van der Waals surface area contributed by atoms with Crippen LogP contribution in [0.4, 0.5) is 45.9 Å². The van der Waals surface area contributed by atoms with Gasteiger partial charge in [-0.05, 0) is 85.2 Å². The van der Waals surface area contributed by atoms with Crippen LogP contribution in [-0.4, -0.2) is 52.2 Å². The first-order valence-electron chi connectivity index (χ1n) is 16.6. The minimum atomic E-state index is -1.09. The molecule has 14 heteroatoms. The smallest absolute Gasteiger partial charge is 0.404 e. The maximum Gasteiger partial charge on any atom is 0.404 e. The van der Waals surface area contributed by atoms with Crippen LogP contribution in [0.15, 0.2) is 60.7 Å². The van der Waals surface area contributed by atoms with Crippen molar-refractivity contribution in [1.29, 1.82) is 0 Å². The molecule has 1 unspecified atom stereocenters. The lowest BCUT2D eigenvalue weighted by Gasteiger charge is -2.41. The molecule has 0 spiro atoms. The fraction of sp³-hybridized carbons (Fsp3) is 0.324. The van der Waals surface area contributed by atoms with E-state index in [0.717, 1.165) is 22.6 Å². The van der Waals surface area contributed by atoms with Gasteiger partial charge in [0, 0.05) is 41.5 Å². The summed E-state index contributed by atoms with van der Waals surface area (Å²) in [5.41, 5.74) is 1.72. The highest BCUT2D eigenvalue weighted by atomic mass is 19.1. The average molecular weight is 702 g/mol. The van der Waals surface area contributed by atoms with Crippen LogP contribution in [0.3, 0.4) is 0 Å². The summed E-state index contributed by atoms with van der Waals surface area (Å²) >= 11 is 0. The summed E-state index contributed by atoms with van der Waals surface area (Å²) in [6, 6.07) is 12.6. The number of carboxylic acid groups (broad SMARTS) is 1. The predicted molar refractivity (Wildman–Crippen MR) is 187 cm³/mol. The Balaban J connectivity index is 1.44. The largest absolute Gasteiger partial charge is 0.465 e. The van der Waals surface area contributed by atoms with Crippen LogP contribution >= 0.6 is 0 Å². The minimum Gasteiger partial charge on any atom is -0.465 e. The van der Waals surface area contributed by atoms with E-state index in [1.807, 2.05) is 32.6 Å². The number of benzene rings is 3. The molecule has 0 radical (unpaired) electrons. The van der Waals surface area contributed by atoms with Crippen molar-refractivity contribution in [3.8, 4) is 11.3 Å². The number of amides is 4. The van der Waals surface area contributed by atoms with Gasteiger partial charge in [-0.3, -0.25) is 4.79 Å². The lowest BCUT2D eigenvalue weighted by molar-refractivity contribution is 0.102. The molecule has 51 heavy (non-hydrogen) atoms. The molecular formula is C37H38F3N7O4. The van der Waals surface area contributed by atoms with E-state index in [1.54, 1.807) is 18.2 Å². The van der Waals surface area contributed by atoms with Gasteiger partial charge in [0.1, 0.15) is 23.1 Å². The molecule has 0 bridgehead atoms. The van der Waals surface area contributed by atoms with Crippen molar-refractivity contribution in [3.63, 3.8) is 0 Å². The Morgan fingerprint density at radius 2 is 1.65 bits per heavy atom. The number of piperidine rings is 1. The Kier molecular flexibility index (Phi) is 9.60. The molecule has 1 aromatic heterocycles. The van der Waals surface area contributed by atoms with Crippen molar-refractivity contribution < 1.29 is 32.7 Å². The molecule has 1 fully saturated rings. The number of carbonyl (C=O) groups excluding carboxylic acids is 2. The highest BCUT2D eigenvalue weighted by Gasteiger charge is 2.38. The van der Waals surface area contributed by atoms with E-state index in [2.05, 4.69) is 16.0 Å². The van der Waals surface area contributed by atoms with Crippen molar-refractivity contribution in [2.24, 2.45) is 11.3 Å². The third kappa shape index (κ3) is 7.30. The van der Waals surface area contributed by atoms with Gasteiger partial charge in [-0.15, -0.1) is 0 Å². The third-order valence-corrected chi connectivity index (χ3v) is 9.33. The van der Waals surface area contributed by atoms with Gasteiger partial charge >= 0.3 is 12.1 Å². The first-order valence-corrected chi connectivity index (χ1v) is 16.6. The molecule has 4 amide bonds. The Morgan fingerprint density at radius 1 is 0.980 bits per heavy atom. The second-order valence-electron chi connectivity index (χ2n) is 13.8. The Morgan fingerprint density at radius 3 is 2.27 bits per heavy atom. The van der Waals surface area contributed by atoms with Crippen molar-refractivity contribution in [2.45, 2.75) is 53.1 Å². The fourth-order valence-electron chi connectivity index (χ4n) is 6.78. The van der Waals surface area contributed by atoms with Crippen LogP contribution in [0.2, 0.25) is 0 Å². The summed E-state index contributed by atoms with van der Waals surface area (Å²) in [7, 11) is 0. The topological polar surface area (TPSA) is 140 Å². The van der Waals surface area contributed by atoms with Crippen LogP contribution in [0.1, 0.15) is 55.1 Å². The van der Waals surface area contributed by atoms with Gasteiger partial charge < -0.3 is 26.0 Å². The van der Waals surface area contributed by atoms with Gasteiger partial charge in [-0.25, -0.2) is 32.6 Å². The van der Waals surface area contributed by atoms with E-state index in [0.29, 0.717) is 48.4 Å². The molecule has 4 aromatic rings. The zero-order valence-corrected chi connectivity index (χ0v) is 28.6. The number of urea groups is 1. The number of para-hydroxylation sites is 1. The minimum absolute atomic E-state index is 0.00875. The van der Waals surface area contributed by atoms with Crippen molar-refractivity contribution >= 4 is 41.2 Å². The number of halogens is 3. The molecule has 0 saturated carbocycles. The van der Waals surface area contributed by atoms with Crippen molar-refractivity contribution in [2.75, 3.05) is 28.2 Å². The molecule has 4 N–H and O–H groups in total. The van der Waals surface area contributed by atoms with Crippen LogP contribution in [-0.2, 0) is 6.54 Å². The van der Waals surface area contributed by atoms with E-state index >= 15 is 8.78 Å². The zero-order valence-electron chi connectivity index (χ0n) is 28.6. The molecule has 3 heterocycles. The molecule has 1 atom stereocenters. The van der Waals surface area contributed by atoms with Gasteiger partial charge in [-0.2, -0.15) is 4.98 Å². The molecule has 2 aliphatic rings. The summed E-state index contributed by atoms with van der Waals surface area (Å²) in [5.74, 6) is -2.61. The Hall–Kier alpha value is -5.66. The molecule has 11 nitrogen and oxygen atoms in total. The van der Waals surface area contributed by atoms with Gasteiger partial charge in [0.15, 0.2) is 5.82 Å². The van der Waals surface area contributed by atoms with Gasteiger partial charge in [0.25, 0.3) is 5.91 Å². The summed E-state index contributed by atoms with van der Waals surface area (Å²) in [4.78, 5) is 50.9. The van der Waals surface area contributed by atoms with Gasteiger partial charge in [0.2, 0.25) is 5.95 Å². The Labute approximate surface area is 292 Å². The number of carbonyl (C=O) groups is 3. The summed E-state index contributed by atoms with van der Waals surface area (Å²) in [5, 5.41) is 17.7. The molecular weight excluding hydrogens is 663 g/mol. The van der Waals surface area contributed by atoms with Gasteiger partial charge in [-0.1, -0.05) is 32.9 Å². The third-order valence-electron chi connectivity index (χ3n) is 9.33. The zero-order chi connectivity index (χ0) is 36.6. The number of hydrogen-bond acceptors (Lipinski definition) is 6. The lowest BCUT2D eigenvalue weighted by atomic mass is 9.75. The highest BCUT2D eigenvalue weighted by Crippen LogP contribution is 2.41. The number of nitrogens with one attached hydrogen (secondary N) is 3. The standard InChI is InChI=1S/C37H38F3N7O4/c1-20-8-9-22(33(48)42-24-12-10-23(38)11-13-24)18-25(20)29-26-19-41-35(49)47(30-27(39)6-5-7-28(30)40)32(26)45-34(43-29)46-16-14-21(15-17-46)31(37(2,3)4)44-36(50)51/h5-13,18,21,31,44H,14-17,19H2,1-4H3,(H,41,49)(H,42,48)(H,50,51). The second-order valence-corrected chi connectivity index (χ2v) is 13.8. The molecule has 2 aliphatic heterocycles. The average Bonchev–Trinajstić information content (AvgIpc) is 3.08. The lowest BCUT2D eigenvalue weighted by Crippen LogP contribution is -2.51. The summed E-state index contributed by atoms with van der Waals surface area (Å²) in [6.45, 7) is 8.60. The molecule has 6 rings (SSSR count). The number of nitrogens with zero attached hydrogens (tertiary/aromatic N) is 4. The second kappa shape index (κ2) is 13.9. The number of aryl methyl sites for hydroxylation is 1. The summed E-state index contributed by atoms with van der Waals surface area (Å²) < 4.78 is 44.0. The van der Waals surface area contributed by atoms with Crippen LogP contribution in [0.25, 0.3) is 11.3 Å². The summed E-state index contributed by atoms with van der Waals surface area (Å²) in [6.07, 6.45) is 0.104. The molecule has 3 aromatic carbocycles. The van der Waals surface area contributed by atoms with Crippen LogP contribution in [0.5, 0.6) is 0 Å². The van der Waals surface area contributed by atoms with E-state index < -0.39 is 41.2 Å². The Bertz CT molecular complexity index is 1970. The number of aromatic nitrogens is 2. The molecule has 1 saturated heterocycles. The first-order chi connectivity index (χ1) is 24.2. The monoisotopic (exact) mass is 701 g/mol. The quantitative estimate of drug-likeness (QED) is 0.158. The first kappa shape index (κ1) is 35.2. The normalized spacial score (nSPS) is 15.5. The number of hydrogen-bond donors (Lipinski definition) is 4. The highest BCUT2D eigenvalue weighted by molar-refractivity contribution is 6.06. The SMILES string of the molecule is Cc1ccc(C(=O)Nc2ccc(F)cc2)cc1-c1nc(N2CCC(C(NC(=O)O)C(C)(C)C)CC2)nc2c1CNC(=O)N2c1c(F)cccc1F. The maximum absolute atomic E-state index is 15.3. The van der Waals surface area contributed by atoms with E-state index in [4.69, 9.17) is 9.97 Å². The van der Waals surface area contributed by atoms with Crippen LogP contribution < -0.4 is 25.8 Å².